The molecule has 1 aromatic rings. The minimum Gasteiger partial charge on any atom is -0.591 e. The van der Waals surface area contributed by atoms with E-state index in [2.05, 4.69) is 9.72 Å². The molecule has 100 valence electrons. The van der Waals surface area contributed by atoms with Gasteiger partial charge in [-0.25, -0.2) is 9.78 Å². The Morgan fingerprint density at radius 1 is 1.67 bits per heavy atom. The number of rotatable bonds is 7. The smallest absolute Gasteiger partial charge is 0.373 e. The molecule has 0 amide bonds. The Kier molecular flexibility index (Phi) is 5.87. The fraction of sp³-hybridized carbons (Fsp3) is 0.556. The highest BCUT2D eigenvalue weighted by molar-refractivity contribution is 7.36. The predicted octanol–water partition coefficient (Wildman–Crippen LogP) is -0.735. The van der Waals surface area contributed by atoms with Gasteiger partial charge in [-0.15, -0.1) is 0 Å². The molecule has 0 radical (unpaired) electrons. The zero-order chi connectivity index (χ0) is 13.5. The molecule has 0 saturated carbocycles. The molecule has 0 aliphatic heterocycles. The Hall–Kier alpha value is -1.34. The number of hydrogen-bond donors (Lipinski definition) is 1. The van der Waals surface area contributed by atoms with Gasteiger partial charge < -0.3 is 20.1 Å². The third-order valence-corrected chi connectivity index (χ3v) is 2.84. The van der Waals surface area contributed by atoms with Gasteiger partial charge in [0.05, 0.1) is 6.61 Å². The molecule has 0 aliphatic rings. The Bertz CT molecular complexity index is 464. The van der Waals surface area contributed by atoms with E-state index in [4.69, 9.17) is 10.5 Å². The van der Waals surface area contributed by atoms with E-state index in [0.29, 0.717) is 18.8 Å². The van der Waals surface area contributed by atoms with Crippen molar-refractivity contribution in [2.75, 3.05) is 19.5 Å². The van der Waals surface area contributed by atoms with Gasteiger partial charge in [0.1, 0.15) is 5.82 Å². The third kappa shape index (κ3) is 4.15. The van der Waals surface area contributed by atoms with Crippen molar-refractivity contribution in [2.24, 2.45) is 0 Å². The lowest BCUT2D eigenvalue weighted by Crippen LogP contribution is -2.25. The van der Waals surface area contributed by atoms with E-state index < -0.39 is 19.7 Å². The maximum atomic E-state index is 11.3. The molecule has 0 aliphatic carbocycles. The first-order valence-electron chi connectivity index (χ1n) is 5.15. The van der Waals surface area contributed by atoms with Crippen LogP contribution in [0, 0.1) is 0 Å². The van der Waals surface area contributed by atoms with Crippen molar-refractivity contribution in [2.45, 2.75) is 19.0 Å². The molecular formula is C9H14N3O5P. The average molecular weight is 275 g/mol. The molecule has 2 unspecified atom stereocenters. The van der Waals surface area contributed by atoms with Crippen LogP contribution in [0.3, 0.4) is 0 Å². The van der Waals surface area contributed by atoms with Crippen LogP contribution in [0.1, 0.15) is 6.42 Å². The summed E-state index contributed by atoms with van der Waals surface area (Å²) in [7, 11) is -1.56. The first-order valence-corrected chi connectivity index (χ1v) is 6.40. The molecule has 0 saturated heterocycles. The van der Waals surface area contributed by atoms with Crippen LogP contribution >= 0.6 is 8.03 Å². The van der Waals surface area contributed by atoms with Crippen LogP contribution in [-0.2, 0) is 20.6 Å². The van der Waals surface area contributed by atoms with E-state index in [1.54, 1.807) is 0 Å². The molecule has 0 spiro atoms. The molecule has 9 heteroatoms. The van der Waals surface area contributed by atoms with E-state index in [9.17, 15) is 14.3 Å². The van der Waals surface area contributed by atoms with Crippen molar-refractivity contribution in [3.8, 4) is 0 Å². The van der Waals surface area contributed by atoms with Gasteiger partial charge in [0.15, 0.2) is 0 Å². The van der Waals surface area contributed by atoms with Crippen LogP contribution in [0.15, 0.2) is 17.1 Å². The fourth-order valence-electron chi connectivity index (χ4n) is 1.29. The summed E-state index contributed by atoms with van der Waals surface area (Å²) in [5, 5.41) is 0. The van der Waals surface area contributed by atoms with Crippen LogP contribution in [0.4, 0.5) is 5.82 Å². The summed E-state index contributed by atoms with van der Waals surface area (Å²) in [4.78, 5) is 25.5. The number of anilines is 1. The van der Waals surface area contributed by atoms with Crippen LogP contribution in [0.2, 0.25) is 0 Å². The first kappa shape index (κ1) is 14.7. The van der Waals surface area contributed by atoms with Crippen molar-refractivity contribution in [1.82, 2.24) is 9.55 Å². The summed E-state index contributed by atoms with van der Waals surface area (Å²) in [5.74, 6) is 0.299. The Labute approximate surface area is 104 Å². The number of ether oxygens (including phenoxy) is 2. The lowest BCUT2D eigenvalue weighted by atomic mass is 10.4. The molecule has 1 aromatic heterocycles. The molecule has 1 rings (SSSR count). The van der Waals surface area contributed by atoms with E-state index in [1.807, 2.05) is 0 Å². The normalized spacial score (nSPS) is 13.3. The number of hydrogen-bond acceptors (Lipinski definition) is 7. The Morgan fingerprint density at radius 2 is 2.39 bits per heavy atom. The lowest BCUT2D eigenvalue weighted by Gasteiger charge is -2.10. The van der Waals surface area contributed by atoms with Gasteiger partial charge in [-0.1, -0.05) is 4.57 Å². The quantitative estimate of drug-likeness (QED) is 0.395. The molecule has 2 atom stereocenters. The molecule has 2 N–H and O–H groups in total. The third-order valence-electron chi connectivity index (χ3n) is 2.13. The van der Waals surface area contributed by atoms with Gasteiger partial charge in [-0.05, 0) is 12.5 Å². The van der Waals surface area contributed by atoms with Gasteiger partial charge in [0, 0.05) is 19.9 Å². The molecular weight excluding hydrogens is 261 g/mol. The zero-order valence-electron chi connectivity index (χ0n) is 9.81. The molecule has 8 nitrogen and oxygen atoms in total. The SMILES string of the molecule is COC(OCCCn1c(N)ccnc1=O)[P+](=O)[O-]. The van der Waals surface area contributed by atoms with Crippen LogP contribution < -0.4 is 16.3 Å². The van der Waals surface area contributed by atoms with E-state index in [1.165, 1.54) is 23.9 Å². The number of aromatic nitrogens is 2. The van der Waals surface area contributed by atoms with Crippen molar-refractivity contribution in [1.29, 1.82) is 0 Å². The Morgan fingerprint density at radius 3 is 2.94 bits per heavy atom. The summed E-state index contributed by atoms with van der Waals surface area (Å²) in [6.07, 6.45) is 1.74. The van der Waals surface area contributed by atoms with E-state index >= 15 is 0 Å². The second-order valence-electron chi connectivity index (χ2n) is 3.36. The minimum absolute atomic E-state index is 0.128. The van der Waals surface area contributed by atoms with Gasteiger partial charge >= 0.3 is 19.7 Å². The first-order chi connectivity index (χ1) is 8.56. The zero-order valence-corrected chi connectivity index (χ0v) is 10.7. The molecule has 0 aromatic carbocycles. The van der Waals surface area contributed by atoms with E-state index in [0.717, 1.165) is 0 Å². The summed E-state index contributed by atoms with van der Waals surface area (Å²) < 4.78 is 21.4. The summed E-state index contributed by atoms with van der Waals surface area (Å²) >= 11 is 0. The second kappa shape index (κ2) is 7.17. The highest BCUT2D eigenvalue weighted by Crippen LogP contribution is 2.19. The topological polar surface area (TPSA) is 120 Å². The second-order valence-corrected chi connectivity index (χ2v) is 4.35. The lowest BCUT2D eigenvalue weighted by molar-refractivity contribution is -0.193. The van der Waals surface area contributed by atoms with Crippen molar-refractivity contribution in [3.05, 3.63) is 22.7 Å². The van der Waals surface area contributed by atoms with Crippen molar-refractivity contribution in [3.63, 3.8) is 0 Å². The number of nitrogen functional groups attached to an aromatic ring is 1. The molecule has 0 bridgehead atoms. The number of nitrogens with two attached hydrogens (primary N) is 1. The van der Waals surface area contributed by atoms with Crippen LogP contribution in [-0.4, -0.2) is 29.3 Å². The highest BCUT2D eigenvalue weighted by atomic mass is 31.1. The standard InChI is InChI=1S/C9H14N3O5P/c1-16-9(18(14)15)17-6-2-5-12-7(10)3-4-11-8(12)13/h3-4,9H,2,5-6,10H2,1H3. The monoisotopic (exact) mass is 275 g/mol. The maximum Gasteiger partial charge on any atom is 0.373 e. The number of methoxy groups -OCH3 is 1. The van der Waals surface area contributed by atoms with Crippen LogP contribution in [0.5, 0.6) is 0 Å². The summed E-state index contributed by atoms with van der Waals surface area (Å²) in [6.45, 7) is 0.424. The van der Waals surface area contributed by atoms with Crippen molar-refractivity contribution >= 4 is 13.8 Å². The van der Waals surface area contributed by atoms with Gasteiger partial charge in [0.2, 0.25) is 0 Å². The molecule has 18 heavy (non-hydrogen) atoms. The minimum atomic E-state index is -2.80. The maximum absolute atomic E-state index is 11.3. The molecule has 0 fully saturated rings. The van der Waals surface area contributed by atoms with E-state index in [-0.39, 0.29) is 6.61 Å². The Balaban J connectivity index is 2.43. The summed E-state index contributed by atoms with van der Waals surface area (Å²) in [6, 6.07) is 0.248. The van der Waals surface area contributed by atoms with Gasteiger partial charge in [-0.2, -0.15) is 0 Å². The highest BCUT2D eigenvalue weighted by Gasteiger charge is 2.20. The average Bonchev–Trinajstić information content (AvgIpc) is 2.31. The largest absolute Gasteiger partial charge is 0.591 e. The van der Waals surface area contributed by atoms with Crippen molar-refractivity contribution < 1.29 is 18.9 Å². The summed E-state index contributed by atoms with van der Waals surface area (Å²) in [5.41, 5.74) is 5.15. The number of nitrogens with zero attached hydrogens (tertiary/aromatic N) is 2. The fourth-order valence-corrected chi connectivity index (χ4v) is 1.69. The van der Waals surface area contributed by atoms with Gasteiger partial charge in [0.25, 0.3) is 0 Å². The van der Waals surface area contributed by atoms with Crippen LogP contribution in [0.25, 0.3) is 0 Å². The molecule has 1 heterocycles. The van der Waals surface area contributed by atoms with Gasteiger partial charge in [-0.3, -0.25) is 4.57 Å². The predicted molar refractivity (Wildman–Crippen MR) is 61.9 cm³/mol.